The van der Waals surface area contributed by atoms with E-state index >= 15 is 0 Å². The van der Waals surface area contributed by atoms with Crippen LogP contribution in [0.5, 0.6) is 11.6 Å². The first-order valence-electron chi connectivity index (χ1n) is 10.3. The largest absolute Gasteiger partial charge is 0.439 e. The van der Waals surface area contributed by atoms with E-state index in [1.807, 2.05) is 19.1 Å². The van der Waals surface area contributed by atoms with Crippen molar-refractivity contribution < 1.29 is 18.6 Å². The minimum absolute atomic E-state index is 0.241. The average molecular weight is 416 g/mol. The Morgan fingerprint density at radius 3 is 2.90 bits per heavy atom. The van der Waals surface area contributed by atoms with Crippen molar-refractivity contribution in [2.24, 2.45) is 4.99 Å². The number of benzene rings is 1. The molecule has 1 aliphatic heterocycles. The molecule has 30 heavy (non-hydrogen) atoms. The molecule has 1 unspecified atom stereocenters. The van der Waals surface area contributed by atoms with Crippen molar-refractivity contribution in [2.45, 2.75) is 32.4 Å². The minimum Gasteiger partial charge on any atom is -0.439 e. The first-order chi connectivity index (χ1) is 14.7. The highest BCUT2D eigenvalue weighted by atomic mass is 19.1. The van der Waals surface area contributed by atoms with Crippen LogP contribution in [0.2, 0.25) is 0 Å². The van der Waals surface area contributed by atoms with Gasteiger partial charge in [-0.1, -0.05) is 0 Å². The number of hydrogen-bond donors (Lipinski definition) is 2. The lowest BCUT2D eigenvalue weighted by molar-refractivity contribution is 0.0420. The molecule has 1 aliphatic rings. The molecule has 3 rings (SSSR count). The third kappa shape index (κ3) is 7.61. The highest BCUT2D eigenvalue weighted by Gasteiger charge is 2.15. The number of ether oxygens (including phenoxy) is 3. The molecule has 0 saturated carbocycles. The number of pyridine rings is 1. The lowest BCUT2D eigenvalue weighted by Crippen LogP contribution is -2.38. The van der Waals surface area contributed by atoms with Gasteiger partial charge in [-0.3, -0.25) is 0 Å². The monoisotopic (exact) mass is 416 g/mol. The summed E-state index contributed by atoms with van der Waals surface area (Å²) in [4.78, 5) is 8.82. The summed E-state index contributed by atoms with van der Waals surface area (Å²) in [6, 6.07) is 9.56. The number of nitrogens with one attached hydrogen (secondary N) is 2. The minimum atomic E-state index is -0.305. The van der Waals surface area contributed by atoms with Crippen LogP contribution in [0.3, 0.4) is 0 Å². The van der Waals surface area contributed by atoms with Crippen LogP contribution in [-0.2, 0) is 16.0 Å². The predicted octanol–water partition coefficient (Wildman–Crippen LogP) is 3.26. The van der Waals surface area contributed by atoms with E-state index in [0.717, 1.165) is 44.1 Å². The standard InChI is InChI=1S/C22H29FN4O3/c1-2-24-22(26-10-3-12-29-20-9-13-28-16-20)27-15-17-8-11-25-21(14-17)30-19-6-4-18(23)5-7-19/h4-8,11,14,20H,2-3,9-10,12-13,15-16H2,1H3,(H2,24,26,27). The lowest BCUT2D eigenvalue weighted by atomic mass is 10.2. The fourth-order valence-electron chi connectivity index (χ4n) is 2.91. The predicted molar refractivity (Wildman–Crippen MR) is 113 cm³/mol. The fraction of sp³-hybridized carbons (Fsp3) is 0.455. The van der Waals surface area contributed by atoms with Gasteiger partial charge in [-0.05, 0) is 55.7 Å². The molecule has 0 spiro atoms. The van der Waals surface area contributed by atoms with Crippen molar-refractivity contribution in [1.29, 1.82) is 0 Å². The van der Waals surface area contributed by atoms with Crippen LogP contribution in [0.15, 0.2) is 47.6 Å². The van der Waals surface area contributed by atoms with Gasteiger partial charge in [0.1, 0.15) is 11.6 Å². The molecule has 1 atom stereocenters. The lowest BCUT2D eigenvalue weighted by Gasteiger charge is -2.13. The Morgan fingerprint density at radius 1 is 1.27 bits per heavy atom. The molecule has 2 N–H and O–H groups in total. The summed E-state index contributed by atoms with van der Waals surface area (Å²) in [6.45, 7) is 6.26. The molecule has 1 saturated heterocycles. The van der Waals surface area contributed by atoms with Crippen molar-refractivity contribution in [2.75, 3.05) is 32.9 Å². The fourth-order valence-corrected chi connectivity index (χ4v) is 2.91. The molecule has 0 amide bonds. The zero-order valence-electron chi connectivity index (χ0n) is 17.3. The normalized spacial score (nSPS) is 16.5. The van der Waals surface area contributed by atoms with E-state index in [0.29, 0.717) is 31.4 Å². The molecule has 2 heterocycles. The van der Waals surface area contributed by atoms with E-state index in [1.165, 1.54) is 12.1 Å². The Hall–Kier alpha value is -2.71. The van der Waals surface area contributed by atoms with Gasteiger partial charge < -0.3 is 24.8 Å². The zero-order chi connectivity index (χ0) is 21.0. The van der Waals surface area contributed by atoms with Crippen molar-refractivity contribution in [1.82, 2.24) is 15.6 Å². The number of halogens is 1. The molecule has 1 aromatic heterocycles. The van der Waals surface area contributed by atoms with Crippen LogP contribution in [-0.4, -0.2) is 50.0 Å². The van der Waals surface area contributed by atoms with Crippen molar-refractivity contribution in [3.8, 4) is 11.6 Å². The van der Waals surface area contributed by atoms with E-state index in [2.05, 4.69) is 20.6 Å². The Bertz CT molecular complexity index is 795. The van der Waals surface area contributed by atoms with Crippen molar-refractivity contribution >= 4 is 5.96 Å². The van der Waals surface area contributed by atoms with Crippen LogP contribution < -0.4 is 15.4 Å². The second kappa shape index (κ2) is 12.1. The molecule has 0 radical (unpaired) electrons. The number of guanidine groups is 1. The molecular formula is C22H29FN4O3. The van der Waals surface area contributed by atoms with Gasteiger partial charge in [0.05, 0.1) is 19.3 Å². The molecule has 7 nitrogen and oxygen atoms in total. The summed E-state index contributed by atoms with van der Waals surface area (Å²) in [5, 5.41) is 6.56. The number of aliphatic imine (C=N–C) groups is 1. The molecule has 162 valence electrons. The Balaban J connectivity index is 1.46. The Labute approximate surface area is 176 Å². The van der Waals surface area contributed by atoms with Gasteiger partial charge in [-0.25, -0.2) is 14.4 Å². The SMILES string of the molecule is CCNC(=NCc1ccnc(Oc2ccc(F)cc2)c1)NCCCOC1CCOC1. The van der Waals surface area contributed by atoms with Gasteiger partial charge in [0, 0.05) is 38.6 Å². The second-order valence-corrected chi connectivity index (χ2v) is 6.89. The molecule has 0 bridgehead atoms. The molecule has 2 aromatic rings. The maximum absolute atomic E-state index is 13.0. The summed E-state index contributed by atoms with van der Waals surface area (Å²) in [7, 11) is 0. The number of rotatable bonds is 10. The number of aromatic nitrogens is 1. The Morgan fingerprint density at radius 2 is 2.13 bits per heavy atom. The highest BCUT2D eigenvalue weighted by Crippen LogP contribution is 2.20. The van der Waals surface area contributed by atoms with Gasteiger partial charge >= 0.3 is 0 Å². The smallest absolute Gasteiger partial charge is 0.219 e. The summed E-state index contributed by atoms with van der Waals surface area (Å²) in [5.41, 5.74) is 0.962. The average Bonchev–Trinajstić information content (AvgIpc) is 3.27. The second-order valence-electron chi connectivity index (χ2n) is 6.89. The van der Waals surface area contributed by atoms with Crippen molar-refractivity contribution in [3.05, 3.63) is 54.0 Å². The van der Waals surface area contributed by atoms with E-state index in [-0.39, 0.29) is 11.9 Å². The molecular weight excluding hydrogens is 387 g/mol. The maximum atomic E-state index is 13.0. The van der Waals surface area contributed by atoms with Gasteiger partial charge in [0.25, 0.3) is 0 Å². The molecule has 0 aliphatic carbocycles. The zero-order valence-corrected chi connectivity index (χ0v) is 17.3. The van der Waals surface area contributed by atoms with E-state index in [1.54, 1.807) is 18.3 Å². The summed E-state index contributed by atoms with van der Waals surface area (Å²) < 4.78 is 29.8. The first-order valence-corrected chi connectivity index (χ1v) is 10.3. The van der Waals surface area contributed by atoms with E-state index < -0.39 is 0 Å². The molecule has 1 fully saturated rings. The molecule has 1 aromatic carbocycles. The first kappa shape index (κ1) is 22.0. The number of hydrogen-bond acceptors (Lipinski definition) is 5. The van der Waals surface area contributed by atoms with Gasteiger partial charge in [-0.2, -0.15) is 0 Å². The quantitative estimate of drug-likeness (QED) is 0.352. The van der Waals surface area contributed by atoms with E-state index in [9.17, 15) is 4.39 Å². The summed E-state index contributed by atoms with van der Waals surface area (Å²) in [6.07, 6.45) is 3.79. The summed E-state index contributed by atoms with van der Waals surface area (Å²) >= 11 is 0. The van der Waals surface area contributed by atoms with Crippen molar-refractivity contribution in [3.63, 3.8) is 0 Å². The van der Waals surface area contributed by atoms with Crippen LogP contribution in [0, 0.1) is 5.82 Å². The van der Waals surface area contributed by atoms with Gasteiger partial charge in [0.15, 0.2) is 5.96 Å². The van der Waals surface area contributed by atoms with Gasteiger partial charge in [0.2, 0.25) is 5.88 Å². The van der Waals surface area contributed by atoms with Crippen LogP contribution in [0.25, 0.3) is 0 Å². The van der Waals surface area contributed by atoms with Gasteiger partial charge in [-0.15, -0.1) is 0 Å². The van der Waals surface area contributed by atoms with Crippen LogP contribution >= 0.6 is 0 Å². The van der Waals surface area contributed by atoms with Crippen LogP contribution in [0.4, 0.5) is 4.39 Å². The highest BCUT2D eigenvalue weighted by molar-refractivity contribution is 5.79. The van der Waals surface area contributed by atoms with E-state index in [4.69, 9.17) is 14.2 Å². The topological polar surface area (TPSA) is 77.0 Å². The maximum Gasteiger partial charge on any atom is 0.219 e. The third-order valence-electron chi connectivity index (χ3n) is 4.45. The summed E-state index contributed by atoms with van der Waals surface area (Å²) in [5.74, 6) is 1.42. The Kier molecular flexibility index (Phi) is 8.86. The van der Waals surface area contributed by atoms with Crippen LogP contribution in [0.1, 0.15) is 25.3 Å². The third-order valence-corrected chi connectivity index (χ3v) is 4.45. The molecule has 8 heteroatoms. The number of nitrogens with zero attached hydrogens (tertiary/aromatic N) is 2.